The highest BCUT2D eigenvalue weighted by atomic mass is 19.4. The Morgan fingerprint density at radius 1 is 1.16 bits per heavy atom. The van der Waals surface area contributed by atoms with Crippen LogP contribution < -0.4 is 26.0 Å². The number of hydrogen-bond donors (Lipinski definition) is 5. The molecule has 1 fully saturated rings. The average molecular weight is 606 g/mol. The minimum Gasteiger partial charge on any atom is -0.495 e. The third-order valence-corrected chi connectivity index (χ3v) is 6.95. The summed E-state index contributed by atoms with van der Waals surface area (Å²) in [6.45, 7) is 0.821. The molecule has 0 spiro atoms. The second-order valence-corrected chi connectivity index (χ2v) is 9.88. The molecule has 228 valence electrons. The molecule has 0 saturated carbocycles. The van der Waals surface area contributed by atoms with E-state index in [1.165, 1.54) is 49.7 Å². The van der Waals surface area contributed by atoms with Crippen molar-refractivity contribution in [1.29, 1.82) is 0 Å². The molecule has 43 heavy (non-hydrogen) atoms. The number of carbonyl (C=O) groups excluding carboxylic acids is 1. The summed E-state index contributed by atoms with van der Waals surface area (Å²) in [5.74, 6) is -1.46. The van der Waals surface area contributed by atoms with Crippen molar-refractivity contribution in [3.8, 4) is 11.6 Å². The maximum absolute atomic E-state index is 13.9. The first kappa shape index (κ1) is 29.8. The Bertz CT molecular complexity index is 1620. The highest BCUT2D eigenvalue weighted by Gasteiger charge is 2.36. The zero-order chi connectivity index (χ0) is 30.7. The van der Waals surface area contributed by atoms with Gasteiger partial charge in [0.05, 0.1) is 30.4 Å². The van der Waals surface area contributed by atoms with Crippen molar-refractivity contribution in [2.24, 2.45) is 0 Å². The number of halogens is 5. The molecule has 10 nitrogen and oxygen atoms in total. The fourth-order valence-corrected chi connectivity index (χ4v) is 4.86. The van der Waals surface area contributed by atoms with Crippen molar-refractivity contribution in [1.82, 2.24) is 25.2 Å². The number of alkyl halides is 5. The maximum atomic E-state index is 13.9. The molecule has 5 N–H and O–H groups in total. The van der Waals surface area contributed by atoms with Gasteiger partial charge in [-0.3, -0.25) is 4.79 Å². The standard InChI is InChI=1S/C28H28F5N7O3/c1-43-21-11-15(25(41)36-17-7-9-34-10-8-17)5-6-19(21)38-27-35-12-18(28(31,32)33)24(39-27)37-20-4-2-3-16-13-40(14-22(29)30)26(42)23(16)20/h2-6,11-13,17,22,34,42H,7-10,14H2,1H3,(H,36,41)(H2,35,37,38,39). The fourth-order valence-electron chi connectivity index (χ4n) is 4.86. The molecule has 1 aliphatic heterocycles. The second kappa shape index (κ2) is 12.3. The van der Waals surface area contributed by atoms with Crippen LogP contribution in [-0.2, 0) is 12.7 Å². The number of aromatic hydroxyl groups is 1. The van der Waals surface area contributed by atoms with Gasteiger partial charge in [0.1, 0.15) is 17.1 Å². The number of piperidine rings is 1. The summed E-state index contributed by atoms with van der Waals surface area (Å²) in [7, 11) is 1.38. The van der Waals surface area contributed by atoms with E-state index < -0.39 is 36.4 Å². The molecule has 4 aromatic rings. The van der Waals surface area contributed by atoms with Crippen LogP contribution in [0, 0.1) is 0 Å². The first-order valence-electron chi connectivity index (χ1n) is 13.3. The maximum Gasteiger partial charge on any atom is 0.421 e. The van der Waals surface area contributed by atoms with Gasteiger partial charge in [-0.2, -0.15) is 18.2 Å². The van der Waals surface area contributed by atoms with Crippen molar-refractivity contribution >= 4 is 39.8 Å². The van der Waals surface area contributed by atoms with Crippen molar-refractivity contribution < 1.29 is 36.6 Å². The number of hydrogen-bond acceptors (Lipinski definition) is 8. The lowest BCUT2D eigenvalue weighted by molar-refractivity contribution is -0.137. The lowest BCUT2D eigenvalue weighted by Gasteiger charge is -2.23. The minimum absolute atomic E-state index is 0.0138. The zero-order valence-electron chi connectivity index (χ0n) is 22.8. The predicted octanol–water partition coefficient (Wildman–Crippen LogP) is 5.40. The van der Waals surface area contributed by atoms with Crippen molar-refractivity contribution in [3.63, 3.8) is 0 Å². The Labute approximate surface area is 242 Å². The molecular weight excluding hydrogens is 577 g/mol. The highest BCUT2D eigenvalue weighted by molar-refractivity contribution is 6.00. The average Bonchev–Trinajstić information content (AvgIpc) is 3.28. The quantitative estimate of drug-likeness (QED) is 0.161. The van der Waals surface area contributed by atoms with E-state index in [-0.39, 0.29) is 40.4 Å². The summed E-state index contributed by atoms with van der Waals surface area (Å²) in [6.07, 6.45) is -4.12. The van der Waals surface area contributed by atoms with Crippen LogP contribution in [0.15, 0.2) is 48.8 Å². The van der Waals surface area contributed by atoms with Crippen LogP contribution in [0.25, 0.3) is 10.8 Å². The first-order valence-corrected chi connectivity index (χ1v) is 13.3. The fraction of sp³-hybridized carbons (Fsp3) is 0.321. The monoisotopic (exact) mass is 605 g/mol. The Kier molecular flexibility index (Phi) is 8.52. The molecular formula is C28H28F5N7O3. The molecule has 5 rings (SSSR count). The lowest BCUT2D eigenvalue weighted by atomic mass is 10.1. The first-order chi connectivity index (χ1) is 20.5. The van der Waals surface area contributed by atoms with E-state index in [2.05, 4.69) is 31.2 Å². The molecule has 1 aliphatic rings. The largest absolute Gasteiger partial charge is 0.495 e. The summed E-state index contributed by atoms with van der Waals surface area (Å²) < 4.78 is 74.0. The second-order valence-electron chi connectivity index (χ2n) is 9.88. The third-order valence-electron chi connectivity index (χ3n) is 6.95. The van der Waals surface area contributed by atoms with E-state index in [1.54, 1.807) is 0 Å². The normalized spacial score (nSPS) is 14.2. The molecule has 3 heterocycles. The van der Waals surface area contributed by atoms with Crippen molar-refractivity contribution in [2.45, 2.75) is 38.0 Å². The number of fused-ring (bicyclic) bond motifs is 1. The molecule has 1 saturated heterocycles. The van der Waals surface area contributed by atoms with E-state index in [0.29, 0.717) is 17.1 Å². The molecule has 1 amide bonds. The Hall–Kier alpha value is -4.66. The van der Waals surface area contributed by atoms with Crippen LogP contribution in [0.3, 0.4) is 0 Å². The number of nitrogens with one attached hydrogen (secondary N) is 4. The molecule has 0 bridgehead atoms. The molecule has 0 unspecified atom stereocenters. The van der Waals surface area contributed by atoms with E-state index in [0.717, 1.165) is 30.5 Å². The van der Waals surface area contributed by atoms with Crippen LogP contribution in [0.5, 0.6) is 11.6 Å². The summed E-state index contributed by atoms with van der Waals surface area (Å²) in [5, 5.41) is 22.6. The van der Waals surface area contributed by atoms with Gasteiger partial charge < -0.3 is 35.7 Å². The Morgan fingerprint density at radius 3 is 2.63 bits per heavy atom. The number of carbonyl (C=O) groups is 1. The molecule has 0 radical (unpaired) electrons. The van der Waals surface area contributed by atoms with Gasteiger partial charge in [0.2, 0.25) is 11.8 Å². The lowest BCUT2D eigenvalue weighted by Crippen LogP contribution is -2.42. The smallest absolute Gasteiger partial charge is 0.421 e. The van der Waals surface area contributed by atoms with Crippen LogP contribution in [-0.4, -0.2) is 58.2 Å². The van der Waals surface area contributed by atoms with E-state index >= 15 is 0 Å². The SMILES string of the molecule is COc1cc(C(=O)NC2CCNCC2)ccc1Nc1ncc(C(F)(F)F)c(Nc2cccc3cn(CC(F)F)c(O)c23)n1. The molecule has 0 aliphatic carbocycles. The number of ether oxygens (including phenoxy) is 1. The molecule has 2 aromatic heterocycles. The summed E-state index contributed by atoms with van der Waals surface area (Å²) >= 11 is 0. The number of benzene rings is 2. The van der Waals surface area contributed by atoms with E-state index in [9.17, 15) is 31.9 Å². The van der Waals surface area contributed by atoms with Crippen molar-refractivity contribution in [2.75, 3.05) is 30.8 Å². The topological polar surface area (TPSA) is 125 Å². The molecule has 2 aromatic carbocycles. The van der Waals surface area contributed by atoms with Gasteiger partial charge >= 0.3 is 6.18 Å². The highest BCUT2D eigenvalue weighted by Crippen LogP contribution is 2.39. The van der Waals surface area contributed by atoms with Gasteiger partial charge in [-0.25, -0.2) is 13.8 Å². The number of aromatic nitrogens is 3. The van der Waals surface area contributed by atoms with Crippen LogP contribution in [0.1, 0.15) is 28.8 Å². The van der Waals surface area contributed by atoms with Gasteiger partial charge in [-0.05, 0) is 50.2 Å². The Balaban J connectivity index is 1.43. The number of nitrogens with zero attached hydrogens (tertiary/aromatic N) is 3. The zero-order valence-corrected chi connectivity index (χ0v) is 22.8. The number of amides is 1. The van der Waals surface area contributed by atoms with Crippen LogP contribution >= 0.6 is 0 Å². The Morgan fingerprint density at radius 2 is 1.93 bits per heavy atom. The van der Waals surface area contributed by atoms with Crippen LogP contribution in [0.2, 0.25) is 0 Å². The van der Waals surface area contributed by atoms with Crippen LogP contribution in [0.4, 0.5) is 45.1 Å². The van der Waals surface area contributed by atoms with E-state index in [1.807, 2.05) is 0 Å². The van der Waals surface area contributed by atoms with Gasteiger partial charge in [0.25, 0.3) is 12.3 Å². The van der Waals surface area contributed by atoms with Gasteiger partial charge in [0, 0.05) is 29.4 Å². The van der Waals surface area contributed by atoms with E-state index in [4.69, 9.17) is 4.74 Å². The number of anilines is 4. The summed E-state index contributed by atoms with van der Waals surface area (Å²) in [5.41, 5.74) is -0.558. The van der Waals surface area contributed by atoms with Gasteiger partial charge in [-0.1, -0.05) is 12.1 Å². The van der Waals surface area contributed by atoms with Gasteiger partial charge in [0.15, 0.2) is 0 Å². The molecule has 0 atom stereocenters. The number of methoxy groups -OCH3 is 1. The summed E-state index contributed by atoms with van der Waals surface area (Å²) in [6, 6.07) is 9.02. The summed E-state index contributed by atoms with van der Waals surface area (Å²) in [4.78, 5) is 20.6. The van der Waals surface area contributed by atoms with Gasteiger partial charge in [-0.15, -0.1) is 0 Å². The van der Waals surface area contributed by atoms with Crippen molar-refractivity contribution in [3.05, 3.63) is 59.9 Å². The minimum atomic E-state index is -4.85. The predicted molar refractivity (Wildman–Crippen MR) is 150 cm³/mol. The third kappa shape index (κ3) is 6.71. The number of rotatable bonds is 9. The molecule has 15 heteroatoms.